The topological polar surface area (TPSA) is 95.9 Å². The van der Waals surface area contributed by atoms with E-state index < -0.39 is 12.1 Å². The van der Waals surface area contributed by atoms with E-state index in [1.54, 1.807) is 6.08 Å². The van der Waals surface area contributed by atoms with Gasteiger partial charge in [0.15, 0.2) is 0 Å². The molecule has 0 aliphatic heterocycles. The van der Waals surface area contributed by atoms with E-state index in [2.05, 4.69) is 43.5 Å². The molecule has 0 aliphatic carbocycles. The first-order valence-electron chi connectivity index (χ1n) is 26.8. The second-order valence-corrected chi connectivity index (χ2v) is 18.2. The molecule has 0 saturated carbocycles. The van der Waals surface area contributed by atoms with Gasteiger partial charge in [-0.25, -0.2) is 0 Å². The quantitative estimate of drug-likeness (QED) is 0.0322. The Morgan fingerprint density at radius 2 is 0.820 bits per heavy atom. The second kappa shape index (κ2) is 50.7. The van der Waals surface area contributed by atoms with E-state index in [4.69, 9.17) is 4.74 Å². The van der Waals surface area contributed by atoms with Crippen molar-refractivity contribution in [2.75, 3.05) is 13.2 Å². The van der Waals surface area contributed by atoms with Crippen LogP contribution >= 0.6 is 0 Å². The Hall–Kier alpha value is -1.92. The smallest absolute Gasteiger partial charge is 0.305 e. The van der Waals surface area contributed by atoms with Crippen LogP contribution in [-0.2, 0) is 14.3 Å². The van der Waals surface area contributed by atoms with Gasteiger partial charge in [-0.3, -0.25) is 9.59 Å². The summed E-state index contributed by atoms with van der Waals surface area (Å²) < 4.78 is 5.46. The number of allylic oxidation sites excluding steroid dienone is 5. The normalized spacial score (nSPS) is 12.9. The highest BCUT2D eigenvalue weighted by molar-refractivity contribution is 5.76. The SMILES string of the molecule is CCCCC/C=C\C/C=C\CCCCCCCCCCCC(=O)OCCCCCCCCCCCC(=O)NC(CO)C(O)/C=C/CCCCCCCCCCCCCCCC. The molecule has 0 aromatic carbocycles. The van der Waals surface area contributed by atoms with Gasteiger partial charge in [-0.1, -0.05) is 237 Å². The van der Waals surface area contributed by atoms with Gasteiger partial charge in [0, 0.05) is 12.8 Å². The van der Waals surface area contributed by atoms with E-state index in [1.807, 2.05) is 6.08 Å². The summed E-state index contributed by atoms with van der Waals surface area (Å²) in [6.07, 6.45) is 61.4. The fraction of sp³-hybridized carbons (Fsp3) is 0.855. The molecular formula is C55H103NO5. The first-order valence-corrected chi connectivity index (χ1v) is 26.8. The van der Waals surface area contributed by atoms with E-state index in [-0.39, 0.29) is 18.5 Å². The molecule has 0 spiro atoms. The molecular weight excluding hydrogens is 755 g/mol. The van der Waals surface area contributed by atoms with Crippen molar-refractivity contribution in [3.05, 3.63) is 36.5 Å². The van der Waals surface area contributed by atoms with Crippen LogP contribution < -0.4 is 5.32 Å². The van der Waals surface area contributed by atoms with Crippen molar-refractivity contribution < 1.29 is 24.5 Å². The maximum Gasteiger partial charge on any atom is 0.305 e. The molecule has 3 N–H and O–H groups in total. The summed E-state index contributed by atoms with van der Waals surface area (Å²) in [7, 11) is 0. The number of ether oxygens (including phenoxy) is 1. The number of rotatable bonds is 49. The summed E-state index contributed by atoms with van der Waals surface area (Å²) in [6, 6.07) is -0.649. The fourth-order valence-corrected chi connectivity index (χ4v) is 8.02. The lowest BCUT2D eigenvalue weighted by atomic mass is 10.0. The lowest BCUT2D eigenvalue weighted by Gasteiger charge is -2.20. The monoisotopic (exact) mass is 858 g/mol. The zero-order chi connectivity index (χ0) is 44.4. The molecule has 61 heavy (non-hydrogen) atoms. The summed E-state index contributed by atoms with van der Waals surface area (Å²) in [5.41, 5.74) is 0. The van der Waals surface area contributed by atoms with Crippen molar-refractivity contribution in [2.24, 2.45) is 0 Å². The Morgan fingerprint density at radius 1 is 0.459 bits per heavy atom. The molecule has 0 radical (unpaired) electrons. The first-order chi connectivity index (χ1) is 30.0. The number of hydrogen-bond acceptors (Lipinski definition) is 5. The van der Waals surface area contributed by atoms with E-state index in [9.17, 15) is 19.8 Å². The molecule has 6 nitrogen and oxygen atoms in total. The highest BCUT2D eigenvalue weighted by Gasteiger charge is 2.18. The van der Waals surface area contributed by atoms with E-state index >= 15 is 0 Å². The Balaban J connectivity index is 3.51. The number of amides is 1. The van der Waals surface area contributed by atoms with Crippen LogP contribution in [0.4, 0.5) is 0 Å². The van der Waals surface area contributed by atoms with Crippen LogP contribution in [0.25, 0.3) is 0 Å². The number of carbonyl (C=O) groups is 2. The number of unbranched alkanes of at least 4 members (excludes halogenated alkanes) is 34. The predicted octanol–water partition coefficient (Wildman–Crippen LogP) is 16.1. The van der Waals surface area contributed by atoms with E-state index in [0.29, 0.717) is 19.4 Å². The molecule has 0 bridgehead atoms. The van der Waals surface area contributed by atoms with Gasteiger partial charge in [0.05, 0.1) is 25.4 Å². The van der Waals surface area contributed by atoms with Crippen LogP contribution in [0.5, 0.6) is 0 Å². The van der Waals surface area contributed by atoms with Crippen molar-refractivity contribution in [3.63, 3.8) is 0 Å². The molecule has 0 aliphatic rings. The zero-order valence-electron chi connectivity index (χ0n) is 40.6. The number of aliphatic hydroxyl groups is 2. The molecule has 0 rings (SSSR count). The standard InChI is InChI=1S/C55H103NO5/c1-3-5-7-9-11-13-15-17-19-21-22-23-25-27-29-33-37-41-45-49-55(60)61-50-46-42-38-34-30-32-36-40-44-48-54(59)56-52(51-57)53(58)47-43-39-35-31-28-26-24-20-18-16-14-12-10-8-6-4-2/h11,13,17,19,43,47,52-53,57-58H,3-10,12,14-16,18,20-42,44-46,48-51H2,1-2H3,(H,56,59)/b13-11-,19-17-,47-43+. The van der Waals surface area contributed by atoms with E-state index in [0.717, 1.165) is 64.2 Å². The van der Waals surface area contributed by atoms with Crippen molar-refractivity contribution >= 4 is 11.9 Å². The first kappa shape index (κ1) is 59.1. The minimum atomic E-state index is -0.862. The Kier molecular flexibility index (Phi) is 49.1. The predicted molar refractivity (Wildman–Crippen MR) is 264 cm³/mol. The lowest BCUT2D eigenvalue weighted by molar-refractivity contribution is -0.143. The summed E-state index contributed by atoms with van der Waals surface area (Å²) in [5.74, 6) is -0.127. The average molecular weight is 858 g/mol. The molecule has 0 fully saturated rings. The van der Waals surface area contributed by atoms with Crippen LogP contribution in [0, 0.1) is 0 Å². The van der Waals surface area contributed by atoms with Crippen LogP contribution in [0.3, 0.4) is 0 Å². The third-order valence-electron chi connectivity index (χ3n) is 12.2. The zero-order valence-corrected chi connectivity index (χ0v) is 40.6. The van der Waals surface area contributed by atoms with Crippen LogP contribution in [0.15, 0.2) is 36.5 Å². The average Bonchev–Trinajstić information content (AvgIpc) is 3.26. The molecule has 2 unspecified atom stereocenters. The number of carbonyl (C=O) groups excluding carboxylic acids is 2. The summed E-state index contributed by atoms with van der Waals surface area (Å²) in [5, 5.41) is 23.1. The largest absolute Gasteiger partial charge is 0.466 e. The lowest BCUT2D eigenvalue weighted by Crippen LogP contribution is -2.45. The highest BCUT2D eigenvalue weighted by Crippen LogP contribution is 2.16. The Bertz CT molecular complexity index is 993. The highest BCUT2D eigenvalue weighted by atomic mass is 16.5. The Morgan fingerprint density at radius 3 is 1.28 bits per heavy atom. The van der Waals surface area contributed by atoms with Gasteiger partial charge in [0.1, 0.15) is 0 Å². The number of aliphatic hydroxyl groups excluding tert-OH is 2. The van der Waals surface area contributed by atoms with Crippen LogP contribution in [0.1, 0.15) is 277 Å². The summed E-state index contributed by atoms with van der Waals surface area (Å²) in [6.45, 7) is 4.81. The molecule has 0 saturated heterocycles. The molecule has 1 amide bonds. The molecule has 6 heteroatoms. The number of esters is 1. The van der Waals surface area contributed by atoms with Crippen molar-refractivity contribution in [1.29, 1.82) is 0 Å². The summed E-state index contributed by atoms with van der Waals surface area (Å²) in [4.78, 5) is 24.5. The second-order valence-electron chi connectivity index (χ2n) is 18.2. The van der Waals surface area contributed by atoms with Crippen LogP contribution in [-0.4, -0.2) is 47.4 Å². The molecule has 0 heterocycles. The van der Waals surface area contributed by atoms with Crippen molar-refractivity contribution in [3.8, 4) is 0 Å². The third kappa shape index (κ3) is 47.4. The van der Waals surface area contributed by atoms with Gasteiger partial charge >= 0.3 is 5.97 Å². The van der Waals surface area contributed by atoms with Gasteiger partial charge in [-0.05, 0) is 64.2 Å². The van der Waals surface area contributed by atoms with Gasteiger partial charge < -0.3 is 20.3 Å². The summed E-state index contributed by atoms with van der Waals surface area (Å²) >= 11 is 0. The molecule has 0 aromatic heterocycles. The molecule has 0 aromatic rings. The van der Waals surface area contributed by atoms with Crippen molar-refractivity contribution in [1.82, 2.24) is 5.32 Å². The van der Waals surface area contributed by atoms with E-state index in [1.165, 1.54) is 186 Å². The third-order valence-corrected chi connectivity index (χ3v) is 12.2. The maximum atomic E-state index is 12.4. The number of hydrogen-bond donors (Lipinski definition) is 3. The Labute approximate surface area is 379 Å². The van der Waals surface area contributed by atoms with Gasteiger partial charge in [0.2, 0.25) is 5.91 Å². The maximum absolute atomic E-state index is 12.4. The van der Waals surface area contributed by atoms with Gasteiger partial charge in [-0.2, -0.15) is 0 Å². The van der Waals surface area contributed by atoms with Gasteiger partial charge in [-0.15, -0.1) is 0 Å². The molecule has 358 valence electrons. The minimum Gasteiger partial charge on any atom is -0.466 e. The number of nitrogens with one attached hydrogen (secondary N) is 1. The van der Waals surface area contributed by atoms with Gasteiger partial charge in [0.25, 0.3) is 0 Å². The minimum absolute atomic E-state index is 0.0313. The van der Waals surface area contributed by atoms with Crippen LogP contribution in [0.2, 0.25) is 0 Å². The fourth-order valence-electron chi connectivity index (χ4n) is 8.02. The van der Waals surface area contributed by atoms with Crippen molar-refractivity contribution in [2.45, 2.75) is 289 Å². The molecule has 2 atom stereocenters.